The maximum Gasteiger partial charge on any atom is 0.160 e. The van der Waals surface area contributed by atoms with Crippen LogP contribution in [-0.4, -0.2) is 11.5 Å². The van der Waals surface area contributed by atoms with Gasteiger partial charge in [0.25, 0.3) is 0 Å². The van der Waals surface area contributed by atoms with Crippen molar-refractivity contribution in [1.82, 2.24) is 0 Å². The second-order valence-electron chi connectivity index (χ2n) is 17.2. The number of benzene rings is 8. The topological polar surface area (TPSA) is 24.7 Å². The van der Waals surface area contributed by atoms with Crippen molar-refractivity contribution in [2.75, 3.05) is 0 Å². The molecule has 0 fully saturated rings. The Morgan fingerprint density at radius 3 is 1.81 bits per heavy atom. The van der Waals surface area contributed by atoms with Crippen LogP contribution in [0.4, 0.5) is 0 Å². The zero-order chi connectivity index (χ0) is 46.7. The Morgan fingerprint density at radius 1 is 0.493 bits per heavy atom. The molecule has 67 heavy (non-hydrogen) atoms. The van der Waals surface area contributed by atoms with Crippen LogP contribution in [0.25, 0.3) is 55.8 Å². The number of aryl methyl sites for hydroxylation is 3. The molecule has 2 heteroatoms. The van der Waals surface area contributed by atoms with E-state index in [1.54, 1.807) is 0 Å². The first-order valence-electron chi connectivity index (χ1n) is 23.7. The highest BCUT2D eigenvalue weighted by molar-refractivity contribution is 6.15. The molecule has 0 aliphatic heterocycles. The molecule has 0 saturated carbocycles. The summed E-state index contributed by atoms with van der Waals surface area (Å²) < 4.78 is 0. The highest BCUT2D eigenvalue weighted by Gasteiger charge is 2.23. The Bertz CT molecular complexity index is 3160. The van der Waals surface area contributed by atoms with E-state index in [1.165, 1.54) is 61.2 Å². The molecule has 2 nitrogen and oxygen atoms in total. The van der Waals surface area contributed by atoms with E-state index >= 15 is 0 Å². The third-order valence-electron chi connectivity index (χ3n) is 12.6. The number of allylic oxidation sites excluding steroid dienone is 4. The van der Waals surface area contributed by atoms with Gasteiger partial charge in [-0.1, -0.05) is 214 Å². The lowest BCUT2D eigenvalue weighted by Crippen LogP contribution is -2.06. The van der Waals surface area contributed by atoms with Gasteiger partial charge in [0.15, 0.2) is 5.84 Å². The molecule has 0 bridgehead atoms. The van der Waals surface area contributed by atoms with Crippen LogP contribution in [0.15, 0.2) is 223 Å². The third-order valence-corrected chi connectivity index (χ3v) is 12.6. The normalized spacial score (nSPS) is 12.7. The van der Waals surface area contributed by atoms with Crippen LogP contribution in [0.2, 0.25) is 0 Å². The Hall–Kier alpha value is -7.68. The van der Waals surface area contributed by atoms with Crippen molar-refractivity contribution < 1.29 is 0 Å². The lowest BCUT2D eigenvalue weighted by atomic mass is 9.90. The monoisotopic (exact) mass is 868 g/mol. The Kier molecular flexibility index (Phi) is 14.7. The fraction of sp³-hybridized carbons (Fsp3) is 0.138. The minimum atomic E-state index is 0.639. The van der Waals surface area contributed by atoms with Gasteiger partial charge >= 0.3 is 0 Å². The molecule has 0 N–H and O–H groups in total. The number of amidine groups is 1. The molecule has 10 rings (SSSR count). The highest BCUT2D eigenvalue weighted by Crippen LogP contribution is 2.40. The molecule has 0 aromatic heterocycles. The van der Waals surface area contributed by atoms with Gasteiger partial charge in [0.1, 0.15) is 0 Å². The predicted molar refractivity (Wildman–Crippen MR) is 290 cm³/mol. The molecule has 0 atom stereocenters. The molecule has 0 amide bonds. The number of rotatable bonds is 8. The van der Waals surface area contributed by atoms with Crippen LogP contribution in [0.3, 0.4) is 0 Å². The van der Waals surface area contributed by atoms with Gasteiger partial charge in [0.2, 0.25) is 0 Å². The van der Waals surface area contributed by atoms with Crippen LogP contribution >= 0.6 is 0 Å². The van der Waals surface area contributed by atoms with Crippen LogP contribution < -0.4 is 0 Å². The number of hydrogen-bond donors (Lipinski definition) is 0. The van der Waals surface area contributed by atoms with E-state index in [-0.39, 0.29) is 0 Å². The molecule has 8 aromatic carbocycles. The fourth-order valence-electron chi connectivity index (χ4n) is 9.02. The molecule has 0 unspecified atom stereocenters. The van der Waals surface area contributed by atoms with E-state index in [0.29, 0.717) is 11.5 Å². The highest BCUT2D eigenvalue weighted by atomic mass is 14.9. The van der Waals surface area contributed by atoms with Gasteiger partial charge < -0.3 is 0 Å². The van der Waals surface area contributed by atoms with Crippen LogP contribution in [0.1, 0.15) is 83.7 Å². The maximum absolute atomic E-state index is 5.28. The van der Waals surface area contributed by atoms with E-state index in [1.807, 2.05) is 26.0 Å². The Balaban J connectivity index is 0.000000230. The van der Waals surface area contributed by atoms with Crippen LogP contribution in [0, 0.1) is 20.8 Å². The van der Waals surface area contributed by atoms with Crippen molar-refractivity contribution in [3.05, 3.63) is 263 Å². The summed E-state index contributed by atoms with van der Waals surface area (Å²) in [7, 11) is 0. The molecule has 0 saturated heterocycles. The smallest absolute Gasteiger partial charge is 0.160 e. The van der Waals surface area contributed by atoms with Crippen molar-refractivity contribution in [1.29, 1.82) is 0 Å². The van der Waals surface area contributed by atoms with Crippen molar-refractivity contribution in [3.8, 4) is 44.5 Å². The van der Waals surface area contributed by atoms with E-state index in [4.69, 9.17) is 9.98 Å². The zero-order valence-electron chi connectivity index (χ0n) is 39.9. The van der Waals surface area contributed by atoms with Crippen molar-refractivity contribution in [3.63, 3.8) is 0 Å². The minimum absolute atomic E-state index is 0.639. The first kappa shape index (κ1) is 45.9. The standard InChI is InChI=1S/C43H34N2.C20H20.C2H6/c1-29-23-24-37-28-38-20-12-22-40(42(38)41(37)25-29)31(3)45-43(39-21-11-19-36(27-39)33-15-8-5-9-16-33)44-30(2)34-17-10-18-35(26-34)32-13-6-4-7-14-32;1-15-8-6-7-11-19(15)20-14-18(13-12-16(20)2)17-9-4-3-5-10-17;1-2/h4-27H,2,28H2,1,3H3;3-4,6-9,11-14H,5,10H2,1-2H3;1-2H3. The summed E-state index contributed by atoms with van der Waals surface area (Å²) in [5.74, 6) is 0.639. The van der Waals surface area contributed by atoms with Gasteiger partial charge in [-0.05, 0) is 143 Å². The summed E-state index contributed by atoms with van der Waals surface area (Å²) in [5.41, 5.74) is 24.0. The average Bonchev–Trinajstić information content (AvgIpc) is 3.76. The van der Waals surface area contributed by atoms with Crippen molar-refractivity contribution >= 4 is 22.8 Å². The summed E-state index contributed by atoms with van der Waals surface area (Å²) in [6.45, 7) is 17.1. The first-order chi connectivity index (χ1) is 32.8. The molecular weight excluding hydrogens is 809 g/mol. The molecule has 8 aromatic rings. The Labute approximate surface area is 399 Å². The number of aliphatic imine (C=N–C) groups is 2. The van der Waals surface area contributed by atoms with E-state index in [2.05, 4.69) is 228 Å². The predicted octanol–water partition coefficient (Wildman–Crippen LogP) is 17.6. The van der Waals surface area contributed by atoms with Gasteiger partial charge in [-0.3, -0.25) is 0 Å². The summed E-state index contributed by atoms with van der Waals surface area (Å²) >= 11 is 0. The zero-order valence-corrected chi connectivity index (χ0v) is 39.9. The quantitative estimate of drug-likeness (QED) is 0.107. The average molecular weight is 869 g/mol. The number of nitrogens with zero attached hydrogens (tertiary/aromatic N) is 2. The lowest BCUT2D eigenvalue weighted by Gasteiger charge is -2.14. The molecular formula is C65H60N2. The van der Waals surface area contributed by atoms with E-state index < -0.39 is 0 Å². The number of fused-ring (bicyclic) bond motifs is 3. The number of hydrogen-bond acceptors (Lipinski definition) is 1. The second kappa shape index (κ2) is 21.5. The van der Waals surface area contributed by atoms with Gasteiger partial charge in [-0.25, -0.2) is 9.98 Å². The van der Waals surface area contributed by atoms with E-state index in [0.717, 1.165) is 63.9 Å². The maximum atomic E-state index is 5.28. The van der Waals surface area contributed by atoms with Gasteiger partial charge in [0, 0.05) is 22.4 Å². The summed E-state index contributed by atoms with van der Waals surface area (Å²) in [6.07, 6.45) is 9.90. The van der Waals surface area contributed by atoms with E-state index in [9.17, 15) is 0 Å². The second-order valence-corrected chi connectivity index (χ2v) is 17.2. The van der Waals surface area contributed by atoms with Crippen LogP contribution in [0.5, 0.6) is 0 Å². The minimum Gasteiger partial charge on any atom is -0.233 e. The SMILES string of the molecule is C=C(N=C(N=C(C)c1cccc2c1-c1cc(C)ccc1C2)c1cccc(-c2ccccc2)c1)c1cccc(-c2ccccc2)c1.CC.Cc1ccccc1-c1cc(C2=CC=CCC2)ccc1C. The Morgan fingerprint density at radius 2 is 1.12 bits per heavy atom. The van der Waals surface area contributed by atoms with Gasteiger partial charge in [-0.15, -0.1) is 0 Å². The lowest BCUT2D eigenvalue weighted by molar-refractivity contribution is 1.05. The molecule has 2 aliphatic rings. The molecule has 0 heterocycles. The van der Waals surface area contributed by atoms with Gasteiger partial charge in [0.05, 0.1) is 5.70 Å². The molecule has 0 radical (unpaired) electrons. The molecule has 2 aliphatic carbocycles. The fourth-order valence-corrected chi connectivity index (χ4v) is 9.02. The van der Waals surface area contributed by atoms with Crippen LogP contribution in [-0.2, 0) is 6.42 Å². The summed E-state index contributed by atoms with van der Waals surface area (Å²) in [5, 5.41) is 0. The largest absolute Gasteiger partial charge is 0.233 e. The summed E-state index contributed by atoms with van der Waals surface area (Å²) in [6, 6.07) is 66.5. The third kappa shape index (κ3) is 10.7. The summed E-state index contributed by atoms with van der Waals surface area (Å²) in [4.78, 5) is 10.4. The van der Waals surface area contributed by atoms with Crippen molar-refractivity contribution in [2.45, 2.75) is 60.8 Å². The molecule has 330 valence electrons. The molecule has 0 spiro atoms. The van der Waals surface area contributed by atoms with Gasteiger partial charge in [-0.2, -0.15) is 0 Å². The van der Waals surface area contributed by atoms with Crippen molar-refractivity contribution in [2.24, 2.45) is 9.98 Å². The first-order valence-corrected chi connectivity index (χ1v) is 23.7.